The number of carbonyl (C=O) groups excluding carboxylic acids is 2. The van der Waals surface area contributed by atoms with Crippen LogP contribution in [0.5, 0.6) is 0 Å². The first-order valence-corrected chi connectivity index (χ1v) is 7.69. The Labute approximate surface area is 146 Å². The molecule has 1 aliphatic carbocycles. The SMILES string of the molecule is O=C1C(c2ccc(F)cc2)=C(Cl)C(=O)c2[nH]c(-c3cccnc3)nc21. The normalized spacial score (nSPS) is 14.0. The van der Waals surface area contributed by atoms with Crippen molar-refractivity contribution >= 4 is 28.7 Å². The molecule has 122 valence electrons. The first kappa shape index (κ1) is 15.4. The maximum Gasteiger partial charge on any atom is 0.223 e. The van der Waals surface area contributed by atoms with Crippen LogP contribution in [0.2, 0.25) is 0 Å². The Morgan fingerprint density at radius 3 is 2.44 bits per heavy atom. The summed E-state index contributed by atoms with van der Waals surface area (Å²) in [5.41, 5.74) is 1.05. The molecule has 25 heavy (non-hydrogen) atoms. The number of fused-ring (bicyclic) bond motifs is 1. The Morgan fingerprint density at radius 1 is 1.00 bits per heavy atom. The number of imidazole rings is 1. The number of hydrogen-bond donors (Lipinski definition) is 1. The second-order valence-corrected chi connectivity index (χ2v) is 5.78. The molecule has 1 N–H and O–H groups in total. The number of Topliss-reactive ketones (excluding diaryl/α,β-unsaturated/α-hetero) is 2. The van der Waals surface area contributed by atoms with Gasteiger partial charge in [0.1, 0.15) is 28.1 Å². The van der Waals surface area contributed by atoms with Crippen molar-refractivity contribution < 1.29 is 14.0 Å². The van der Waals surface area contributed by atoms with Crippen molar-refractivity contribution in [2.45, 2.75) is 0 Å². The highest BCUT2D eigenvalue weighted by Crippen LogP contribution is 2.34. The van der Waals surface area contributed by atoms with Crippen LogP contribution >= 0.6 is 11.6 Å². The lowest BCUT2D eigenvalue weighted by Gasteiger charge is -2.13. The molecule has 1 aliphatic rings. The molecule has 0 radical (unpaired) electrons. The van der Waals surface area contributed by atoms with Crippen LogP contribution in [0.4, 0.5) is 4.39 Å². The molecule has 4 rings (SSSR count). The van der Waals surface area contributed by atoms with E-state index in [-0.39, 0.29) is 22.0 Å². The average Bonchev–Trinajstić information content (AvgIpc) is 3.08. The fourth-order valence-corrected chi connectivity index (χ4v) is 2.95. The molecule has 2 heterocycles. The topological polar surface area (TPSA) is 75.7 Å². The second-order valence-electron chi connectivity index (χ2n) is 5.40. The summed E-state index contributed by atoms with van der Waals surface area (Å²) in [5, 5.41) is -0.217. The summed E-state index contributed by atoms with van der Waals surface area (Å²) in [4.78, 5) is 36.4. The Morgan fingerprint density at radius 2 is 1.76 bits per heavy atom. The lowest BCUT2D eigenvalue weighted by molar-refractivity contribution is 0.0993. The van der Waals surface area contributed by atoms with Gasteiger partial charge in [0.05, 0.1) is 5.57 Å². The van der Waals surface area contributed by atoms with Gasteiger partial charge in [0.2, 0.25) is 11.6 Å². The van der Waals surface area contributed by atoms with Crippen LogP contribution in [-0.4, -0.2) is 26.5 Å². The van der Waals surface area contributed by atoms with E-state index < -0.39 is 17.4 Å². The third-order valence-corrected chi connectivity index (χ3v) is 4.22. The molecule has 0 amide bonds. The van der Waals surface area contributed by atoms with E-state index in [1.807, 2.05) is 0 Å². The van der Waals surface area contributed by atoms with Crippen LogP contribution < -0.4 is 0 Å². The van der Waals surface area contributed by atoms with Gasteiger partial charge in [0.15, 0.2) is 0 Å². The zero-order valence-corrected chi connectivity index (χ0v) is 13.3. The number of rotatable bonds is 2. The minimum Gasteiger partial charge on any atom is -0.335 e. The third kappa shape index (κ3) is 2.47. The largest absolute Gasteiger partial charge is 0.335 e. The van der Waals surface area contributed by atoms with Gasteiger partial charge in [-0.25, -0.2) is 9.37 Å². The number of aromatic amines is 1. The summed E-state index contributed by atoms with van der Waals surface area (Å²) < 4.78 is 13.1. The van der Waals surface area contributed by atoms with Gasteiger partial charge in [0.25, 0.3) is 0 Å². The molecular formula is C18H9ClFN3O2. The predicted molar refractivity (Wildman–Crippen MR) is 89.7 cm³/mol. The Balaban J connectivity index is 1.84. The standard InChI is InChI=1S/C18H9ClFN3O2/c19-13-12(9-3-5-11(20)6-4-9)16(24)14-15(17(13)25)23-18(22-14)10-2-1-7-21-8-10/h1-8H,(H,22,23). The summed E-state index contributed by atoms with van der Waals surface area (Å²) in [5.74, 6) is -1.12. The van der Waals surface area contributed by atoms with Gasteiger partial charge in [-0.1, -0.05) is 23.7 Å². The van der Waals surface area contributed by atoms with Crippen molar-refractivity contribution in [1.82, 2.24) is 15.0 Å². The van der Waals surface area contributed by atoms with Gasteiger partial charge in [0, 0.05) is 18.0 Å². The fraction of sp³-hybridized carbons (Fsp3) is 0. The maximum absolute atomic E-state index is 13.1. The number of pyridine rings is 1. The van der Waals surface area contributed by atoms with Gasteiger partial charge < -0.3 is 4.98 Å². The number of hydrogen-bond acceptors (Lipinski definition) is 4. The number of nitrogens with one attached hydrogen (secondary N) is 1. The van der Waals surface area contributed by atoms with Crippen LogP contribution in [0.25, 0.3) is 17.0 Å². The molecule has 1 aromatic carbocycles. The first-order valence-electron chi connectivity index (χ1n) is 7.32. The van der Waals surface area contributed by atoms with E-state index in [0.29, 0.717) is 17.0 Å². The van der Waals surface area contributed by atoms with E-state index in [9.17, 15) is 14.0 Å². The van der Waals surface area contributed by atoms with Gasteiger partial charge in [-0.3, -0.25) is 14.6 Å². The second kappa shape index (κ2) is 5.75. The Hall–Kier alpha value is -3.12. The molecule has 0 spiro atoms. The van der Waals surface area contributed by atoms with E-state index >= 15 is 0 Å². The van der Waals surface area contributed by atoms with E-state index in [1.165, 1.54) is 24.3 Å². The number of ketones is 2. The van der Waals surface area contributed by atoms with Crippen LogP contribution in [0, 0.1) is 5.82 Å². The van der Waals surface area contributed by atoms with Crippen molar-refractivity contribution in [1.29, 1.82) is 0 Å². The molecule has 7 heteroatoms. The molecular weight excluding hydrogens is 345 g/mol. The van der Waals surface area contributed by atoms with E-state index in [1.54, 1.807) is 24.5 Å². The summed E-state index contributed by atoms with van der Waals surface area (Å²) in [6.07, 6.45) is 3.17. The van der Waals surface area contributed by atoms with E-state index in [0.717, 1.165) is 0 Å². The highest BCUT2D eigenvalue weighted by atomic mass is 35.5. The predicted octanol–water partition coefficient (Wildman–Crippen LogP) is 3.64. The zero-order chi connectivity index (χ0) is 17.6. The lowest BCUT2D eigenvalue weighted by Crippen LogP contribution is -2.19. The van der Waals surface area contributed by atoms with Crippen molar-refractivity contribution in [3.63, 3.8) is 0 Å². The fourth-order valence-electron chi connectivity index (χ4n) is 2.66. The number of carbonyl (C=O) groups is 2. The molecule has 0 aliphatic heterocycles. The van der Waals surface area contributed by atoms with Gasteiger partial charge in [-0.05, 0) is 29.8 Å². The summed E-state index contributed by atoms with van der Waals surface area (Å²) in [7, 11) is 0. The smallest absolute Gasteiger partial charge is 0.223 e. The monoisotopic (exact) mass is 353 g/mol. The highest BCUT2D eigenvalue weighted by molar-refractivity contribution is 6.56. The molecule has 0 unspecified atom stereocenters. The van der Waals surface area contributed by atoms with E-state index in [2.05, 4.69) is 15.0 Å². The number of aromatic nitrogens is 3. The van der Waals surface area contributed by atoms with E-state index in [4.69, 9.17) is 11.6 Å². The van der Waals surface area contributed by atoms with Crippen molar-refractivity contribution in [2.75, 3.05) is 0 Å². The number of benzene rings is 1. The maximum atomic E-state index is 13.1. The van der Waals surface area contributed by atoms with Crippen LogP contribution in [0.15, 0.2) is 53.8 Å². The number of nitrogens with zero attached hydrogens (tertiary/aromatic N) is 2. The van der Waals surface area contributed by atoms with Crippen molar-refractivity contribution in [3.05, 3.63) is 76.6 Å². The number of halogens is 2. The zero-order valence-electron chi connectivity index (χ0n) is 12.6. The third-order valence-electron chi connectivity index (χ3n) is 3.86. The molecule has 0 bridgehead atoms. The molecule has 0 saturated heterocycles. The summed E-state index contributed by atoms with van der Waals surface area (Å²) in [6.45, 7) is 0. The minimum atomic E-state index is -0.529. The highest BCUT2D eigenvalue weighted by Gasteiger charge is 2.35. The van der Waals surface area contributed by atoms with Gasteiger partial charge in [-0.2, -0.15) is 0 Å². The van der Waals surface area contributed by atoms with Crippen molar-refractivity contribution in [2.24, 2.45) is 0 Å². The average molecular weight is 354 g/mol. The quantitative estimate of drug-likeness (QED) is 0.763. The first-order chi connectivity index (χ1) is 12.1. The van der Waals surface area contributed by atoms with Crippen LogP contribution in [0.3, 0.4) is 0 Å². The minimum absolute atomic E-state index is 0.00687. The number of H-pyrrole nitrogens is 1. The molecule has 0 atom stereocenters. The Kier molecular flexibility index (Phi) is 3.54. The molecule has 5 nitrogen and oxygen atoms in total. The van der Waals surface area contributed by atoms with Crippen LogP contribution in [0.1, 0.15) is 26.5 Å². The van der Waals surface area contributed by atoms with Crippen LogP contribution in [-0.2, 0) is 0 Å². The van der Waals surface area contributed by atoms with Gasteiger partial charge >= 0.3 is 0 Å². The Bertz CT molecular complexity index is 1040. The number of allylic oxidation sites excluding steroid dienone is 2. The summed E-state index contributed by atoms with van der Waals surface area (Å²) >= 11 is 6.14. The molecule has 2 aromatic heterocycles. The molecule has 0 fully saturated rings. The summed E-state index contributed by atoms with van der Waals surface area (Å²) in [6, 6.07) is 8.67. The van der Waals surface area contributed by atoms with Crippen molar-refractivity contribution in [3.8, 4) is 11.4 Å². The lowest BCUT2D eigenvalue weighted by atomic mass is 9.92. The van der Waals surface area contributed by atoms with Gasteiger partial charge in [-0.15, -0.1) is 0 Å². The molecule has 0 saturated carbocycles. The molecule has 3 aromatic rings.